The van der Waals surface area contributed by atoms with Gasteiger partial charge in [-0.15, -0.1) is 0 Å². The van der Waals surface area contributed by atoms with Crippen molar-refractivity contribution in [3.8, 4) is 11.4 Å². The summed E-state index contributed by atoms with van der Waals surface area (Å²) in [5.41, 5.74) is 3.09. The van der Waals surface area contributed by atoms with Crippen molar-refractivity contribution in [3.63, 3.8) is 0 Å². The minimum absolute atomic E-state index is 0.653. The van der Waals surface area contributed by atoms with E-state index >= 15 is 0 Å². The van der Waals surface area contributed by atoms with Gasteiger partial charge in [0, 0.05) is 18.3 Å². The molecular weight excluding hydrogens is 212 g/mol. The Morgan fingerprint density at radius 3 is 2.94 bits per heavy atom. The third kappa shape index (κ3) is 3.14. The molecular formula is C13H18N4. The number of aromatic nitrogens is 3. The summed E-state index contributed by atoms with van der Waals surface area (Å²) in [5, 5.41) is 10.5. The number of hydrogen-bond acceptors (Lipinski definition) is 3. The molecule has 0 aliphatic heterocycles. The minimum Gasteiger partial charge on any atom is -0.312 e. The topological polar surface area (TPSA) is 53.6 Å². The minimum atomic E-state index is 0.653. The Balaban J connectivity index is 2.07. The van der Waals surface area contributed by atoms with Gasteiger partial charge in [0.15, 0.2) is 0 Å². The molecule has 0 bridgehead atoms. The lowest BCUT2D eigenvalue weighted by molar-refractivity contribution is 0.552. The Hall–Kier alpha value is -1.68. The highest BCUT2D eigenvalue weighted by molar-refractivity contribution is 5.57. The van der Waals surface area contributed by atoms with Crippen molar-refractivity contribution in [1.29, 1.82) is 0 Å². The van der Waals surface area contributed by atoms with E-state index in [1.807, 2.05) is 24.4 Å². The van der Waals surface area contributed by atoms with Gasteiger partial charge in [0.25, 0.3) is 0 Å². The van der Waals surface area contributed by atoms with Crippen LogP contribution >= 0.6 is 0 Å². The van der Waals surface area contributed by atoms with E-state index in [0.29, 0.717) is 5.92 Å². The van der Waals surface area contributed by atoms with Crippen LogP contribution in [0.1, 0.15) is 19.4 Å². The summed E-state index contributed by atoms with van der Waals surface area (Å²) in [6, 6.07) is 5.88. The van der Waals surface area contributed by atoms with Crippen LogP contribution < -0.4 is 5.32 Å². The van der Waals surface area contributed by atoms with Crippen LogP contribution in [-0.2, 0) is 6.54 Å². The summed E-state index contributed by atoms with van der Waals surface area (Å²) in [6.45, 7) is 6.22. The number of rotatable bonds is 5. The normalized spacial score (nSPS) is 11.0. The molecule has 2 heterocycles. The van der Waals surface area contributed by atoms with Gasteiger partial charge < -0.3 is 5.32 Å². The van der Waals surface area contributed by atoms with Crippen molar-refractivity contribution >= 4 is 0 Å². The lowest BCUT2D eigenvalue weighted by atomic mass is 10.1. The number of nitrogens with one attached hydrogen (secondary N) is 2. The van der Waals surface area contributed by atoms with E-state index in [0.717, 1.165) is 30.0 Å². The van der Waals surface area contributed by atoms with Gasteiger partial charge in [0.1, 0.15) is 0 Å². The SMILES string of the molecule is CC(C)CNCc1cn[nH]c1-c1ccccn1. The summed E-state index contributed by atoms with van der Waals surface area (Å²) < 4.78 is 0. The molecule has 0 radical (unpaired) electrons. The number of hydrogen-bond donors (Lipinski definition) is 2. The fourth-order valence-electron chi connectivity index (χ4n) is 1.67. The molecule has 0 saturated carbocycles. The smallest absolute Gasteiger partial charge is 0.0883 e. The van der Waals surface area contributed by atoms with E-state index in [-0.39, 0.29) is 0 Å². The molecule has 0 aliphatic rings. The number of pyridine rings is 1. The monoisotopic (exact) mass is 230 g/mol. The second kappa shape index (κ2) is 5.59. The van der Waals surface area contributed by atoms with Gasteiger partial charge in [0.05, 0.1) is 17.6 Å². The number of H-pyrrole nitrogens is 1. The first-order valence-corrected chi connectivity index (χ1v) is 5.91. The molecule has 0 fully saturated rings. The molecule has 2 N–H and O–H groups in total. The van der Waals surface area contributed by atoms with Gasteiger partial charge in [0.2, 0.25) is 0 Å². The highest BCUT2D eigenvalue weighted by Crippen LogP contribution is 2.17. The Bertz CT molecular complexity index is 447. The molecule has 0 unspecified atom stereocenters. The van der Waals surface area contributed by atoms with Crippen LogP contribution in [0.2, 0.25) is 0 Å². The second-order valence-corrected chi connectivity index (χ2v) is 4.51. The van der Waals surface area contributed by atoms with E-state index in [1.54, 1.807) is 6.20 Å². The fourth-order valence-corrected chi connectivity index (χ4v) is 1.67. The van der Waals surface area contributed by atoms with Crippen molar-refractivity contribution < 1.29 is 0 Å². The summed E-state index contributed by atoms with van der Waals surface area (Å²) in [5.74, 6) is 0.653. The molecule has 0 aliphatic carbocycles. The quantitative estimate of drug-likeness (QED) is 0.828. The maximum absolute atomic E-state index is 4.33. The first kappa shape index (κ1) is 11.8. The highest BCUT2D eigenvalue weighted by atomic mass is 15.1. The predicted octanol–water partition coefficient (Wildman–Crippen LogP) is 2.22. The molecule has 0 saturated heterocycles. The van der Waals surface area contributed by atoms with Crippen LogP contribution in [0.15, 0.2) is 30.6 Å². The summed E-state index contributed by atoms with van der Waals surface area (Å²) in [7, 11) is 0. The van der Waals surface area contributed by atoms with E-state index in [1.165, 1.54) is 0 Å². The summed E-state index contributed by atoms with van der Waals surface area (Å²) >= 11 is 0. The zero-order chi connectivity index (χ0) is 12.1. The zero-order valence-corrected chi connectivity index (χ0v) is 10.3. The largest absolute Gasteiger partial charge is 0.312 e. The molecule has 2 aromatic heterocycles. The van der Waals surface area contributed by atoms with E-state index in [2.05, 4.69) is 34.3 Å². The highest BCUT2D eigenvalue weighted by Gasteiger charge is 2.07. The molecule has 2 aromatic rings. The van der Waals surface area contributed by atoms with Gasteiger partial charge in [-0.2, -0.15) is 5.10 Å². The van der Waals surface area contributed by atoms with Crippen molar-refractivity contribution in [2.75, 3.05) is 6.54 Å². The van der Waals surface area contributed by atoms with Crippen LogP contribution in [0, 0.1) is 5.92 Å². The Morgan fingerprint density at radius 2 is 2.24 bits per heavy atom. The van der Waals surface area contributed by atoms with Gasteiger partial charge >= 0.3 is 0 Å². The average Bonchev–Trinajstić information content (AvgIpc) is 2.78. The molecule has 4 nitrogen and oxygen atoms in total. The van der Waals surface area contributed by atoms with Crippen LogP contribution in [0.4, 0.5) is 0 Å². The summed E-state index contributed by atoms with van der Waals surface area (Å²) in [4.78, 5) is 4.33. The Morgan fingerprint density at radius 1 is 1.35 bits per heavy atom. The molecule has 4 heteroatoms. The first-order chi connectivity index (χ1) is 8.27. The van der Waals surface area contributed by atoms with Gasteiger partial charge in [-0.05, 0) is 24.6 Å². The van der Waals surface area contributed by atoms with Crippen molar-refractivity contribution in [2.24, 2.45) is 5.92 Å². The van der Waals surface area contributed by atoms with Crippen LogP contribution in [0.3, 0.4) is 0 Å². The van der Waals surface area contributed by atoms with Crippen LogP contribution in [0.25, 0.3) is 11.4 Å². The standard InChI is InChI=1S/C13H18N4/c1-10(2)7-14-8-11-9-16-17-13(11)12-5-3-4-6-15-12/h3-6,9-10,14H,7-8H2,1-2H3,(H,16,17). The number of aromatic amines is 1. The predicted molar refractivity (Wildman–Crippen MR) is 68.4 cm³/mol. The third-order valence-electron chi connectivity index (χ3n) is 2.51. The molecule has 17 heavy (non-hydrogen) atoms. The van der Waals surface area contributed by atoms with E-state index in [9.17, 15) is 0 Å². The van der Waals surface area contributed by atoms with E-state index in [4.69, 9.17) is 0 Å². The van der Waals surface area contributed by atoms with Crippen molar-refractivity contribution in [3.05, 3.63) is 36.2 Å². The lowest BCUT2D eigenvalue weighted by Crippen LogP contribution is -2.19. The average molecular weight is 230 g/mol. The van der Waals surface area contributed by atoms with Gasteiger partial charge in [-0.25, -0.2) is 0 Å². The molecule has 0 aromatic carbocycles. The lowest BCUT2D eigenvalue weighted by Gasteiger charge is -2.07. The molecule has 0 atom stereocenters. The maximum atomic E-state index is 4.33. The third-order valence-corrected chi connectivity index (χ3v) is 2.51. The van der Waals surface area contributed by atoms with Crippen molar-refractivity contribution in [1.82, 2.24) is 20.5 Å². The van der Waals surface area contributed by atoms with E-state index < -0.39 is 0 Å². The number of nitrogens with zero attached hydrogens (tertiary/aromatic N) is 2. The molecule has 2 rings (SSSR count). The molecule has 0 amide bonds. The second-order valence-electron chi connectivity index (χ2n) is 4.51. The Kier molecular flexibility index (Phi) is 3.88. The van der Waals surface area contributed by atoms with Crippen molar-refractivity contribution in [2.45, 2.75) is 20.4 Å². The van der Waals surface area contributed by atoms with Crippen LogP contribution in [0.5, 0.6) is 0 Å². The van der Waals surface area contributed by atoms with Crippen LogP contribution in [-0.4, -0.2) is 21.7 Å². The molecule has 0 spiro atoms. The Labute approximate surface area is 101 Å². The molecule has 90 valence electrons. The first-order valence-electron chi connectivity index (χ1n) is 5.91. The maximum Gasteiger partial charge on any atom is 0.0883 e. The van der Waals surface area contributed by atoms with Gasteiger partial charge in [-0.3, -0.25) is 10.1 Å². The summed E-state index contributed by atoms with van der Waals surface area (Å²) in [6.07, 6.45) is 3.65. The fraction of sp³-hybridized carbons (Fsp3) is 0.385. The zero-order valence-electron chi connectivity index (χ0n) is 10.3. The van der Waals surface area contributed by atoms with Gasteiger partial charge in [-0.1, -0.05) is 19.9 Å².